The number of ether oxygens (including phenoxy) is 2. The zero-order valence-electron chi connectivity index (χ0n) is 12.2. The third kappa shape index (κ3) is 4.21. The molecular formula is C18H18O3. The quantitative estimate of drug-likeness (QED) is 0.751. The van der Waals surface area contributed by atoms with Crippen molar-refractivity contribution in [2.45, 2.75) is 6.92 Å². The van der Waals surface area contributed by atoms with Crippen LogP contribution in [-0.4, -0.2) is 19.5 Å². The first-order valence-electron chi connectivity index (χ1n) is 6.74. The van der Waals surface area contributed by atoms with Crippen LogP contribution in [0.2, 0.25) is 0 Å². The molecule has 108 valence electrons. The highest BCUT2D eigenvalue weighted by atomic mass is 16.5. The maximum Gasteiger partial charge on any atom is 0.161 e. The summed E-state index contributed by atoms with van der Waals surface area (Å²) in [6, 6.07) is 15.2. The average molecular weight is 282 g/mol. The molecule has 0 N–H and O–H groups in total. The number of Topliss-reactive ketones (excluding diaryl/α,β-unsaturated/α-hetero) is 1. The third-order valence-corrected chi connectivity index (χ3v) is 3.02. The summed E-state index contributed by atoms with van der Waals surface area (Å²) >= 11 is 0. The molecule has 0 heterocycles. The van der Waals surface area contributed by atoms with Crippen LogP contribution in [-0.2, 0) is 0 Å². The van der Waals surface area contributed by atoms with Crippen molar-refractivity contribution in [2.24, 2.45) is 0 Å². The van der Waals surface area contributed by atoms with Crippen LogP contribution < -0.4 is 9.47 Å². The highest BCUT2D eigenvalue weighted by Gasteiger charge is 2.07. The lowest BCUT2D eigenvalue weighted by Gasteiger charge is -2.10. The summed E-state index contributed by atoms with van der Waals surface area (Å²) < 4.78 is 10.9. The molecule has 0 spiro atoms. The topological polar surface area (TPSA) is 35.5 Å². The van der Waals surface area contributed by atoms with Crippen molar-refractivity contribution in [3.63, 3.8) is 0 Å². The van der Waals surface area contributed by atoms with Gasteiger partial charge in [0.1, 0.15) is 6.61 Å². The second kappa shape index (κ2) is 7.29. The van der Waals surface area contributed by atoms with Gasteiger partial charge >= 0.3 is 0 Å². The molecule has 0 saturated heterocycles. The van der Waals surface area contributed by atoms with Gasteiger partial charge < -0.3 is 9.47 Å². The number of methoxy groups -OCH3 is 1. The van der Waals surface area contributed by atoms with Crippen LogP contribution in [0.3, 0.4) is 0 Å². The van der Waals surface area contributed by atoms with Gasteiger partial charge in [0.15, 0.2) is 17.3 Å². The summed E-state index contributed by atoms with van der Waals surface area (Å²) in [5, 5.41) is 0. The molecule has 2 aromatic rings. The minimum atomic E-state index is 0.00354. The van der Waals surface area contributed by atoms with Crippen molar-refractivity contribution in [2.75, 3.05) is 13.7 Å². The van der Waals surface area contributed by atoms with Gasteiger partial charge in [-0.3, -0.25) is 4.79 Å². The van der Waals surface area contributed by atoms with Gasteiger partial charge in [0.05, 0.1) is 7.11 Å². The standard InChI is InChI=1S/C18H18O3/c1-14(19)16-10-11-17(18(13-16)20-2)21-12-6-9-15-7-4-3-5-8-15/h3-11,13H,12H2,1-2H3/b9-6+. The van der Waals surface area contributed by atoms with Crippen molar-refractivity contribution in [1.29, 1.82) is 0 Å². The highest BCUT2D eigenvalue weighted by molar-refractivity contribution is 5.94. The SMILES string of the molecule is COc1cc(C(C)=O)ccc1OC/C=C/c1ccccc1. The number of benzene rings is 2. The van der Waals surface area contributed by atoms with E-state index in [1.54, 1.807) is 25.3 Å². The number of hydrogen-bond acceptors (Lipinski definition) is 3. The summed E-state index contributed by atoms with van der Waals surface area (Å²) in [7, 11) is 1.56. The van der Waals surface area contributed by atoms with Crippen molar-refractivity contribution in [3.8, 4) is 11.5 Å². The molecule has 0 amide bonds. The lowest BCUT2D eigenvalue weighted by atomic mass is 10.1. The second-order valence-electron chi connectivity index (χ2n) is 4.55. The van der Waals surface area contributed by atoms with Crippen LogP contribution in [0.15, 0.2) is 54.6 Å². The first-order chi connectivity index (χ1) is 10.2. The molecule has 0 bridgehead atoms. The van der Waals surface area contributed by atoms with Gasteiger partial charge in [0, 0.05) is 5.56 Å². The Balaban J connectivity index is 2.00. The molecule has 0 aliphatic carbocycles. The molecule has 0 aromatic heterocycles. The maximum atomic E-state index is 11.3. The predicted molar refractivity (Wildman–Crippen MR) is 84.0 cm³/mol. The van der Waals surface area contributed by atoms with Crippen LogP contribution in [0.4, 0.5) is 0 Å². The maximum absolute atomic E-state index is 11.3. The lowest BCUT2D eigenvalue weighted by molar-refractivity contribution is 0.101. The average Bonchev–Trinajstić information content (AvgIpc) is 2.52. The number of carbonyl (C=O) groups is 1. The molecule has 0 unspecified atom stereocenters. The summed E-state index contributed by atoms with van der Waals surface area (Å²) in [4.78, 5) is 11.3. The van der Waals surface area contributed by atoms with Gasteiger partial charge in [0.2, 0.25) is 0 Å². The Kier molecular flexibility index (Phi) is 5.16. The van der Waals surface area contributed by atoms with Gasteiger partial charge in [-0.05, 0) is 36.8 Å². The van der Waals surface area contributed by atoms with Gasteiger partial charge in [0.25, 0.3) is 0 Å². The first-order valence-corrected chi connectivity index (χ1v) is 6.74. The van der Waals surface area contributed by atoms with E-state index in [2.05, 4.69) is 0 Å². The molecule has 3 heteroatoms. The lowest BCUT2D eigenvalue weighted by Crippen LogP contribution is -1.99. The molecule has 3 nitrogen and oxygen atoms in total. The molecule has 0 aliphatic rings. The Labute approximate surface area is 124 Å². The Hall–Kier alpha value is -2.55. The van der Waals surface area contributed by atoms with Crippen molar-refractivity contribution in [3.05, 3.63) is 65.7 Å². The van der Waals surface area contributed by atoms with Crippen LogP contribution >= 0.6 is 0 Å². The van der Waals surface area contributed by atoms with Crippen LogP contribution in [0, 0.1) is 0 Å². The molecular weight excluding hydrogens is 264 g/mol. The molecule has 0 aliphatic heterocycles. The van der Waals surface area contributed by atoms with Crippen LogP contribution in [0.1, 0.15) is 22.8 Å². The minimum absolute atomic E-state index is 0.00354. The number of rotatable bonds is 6. The fourth-order valence-corrected chi connectivity index (χ4v) is 1.89. The monoisotopic (exact) mass is 282 g/mol. The van der Waals surface area contributed by atoms with E-state index in [1.807, 2.05) is 42.5 Å². The largest absolute Gasteiger partial charge is 0.493 e. The van der Waals surface area contributed by atoms with Crippen LogP contribution in [0.5, 0.6) is 11.5 Å². The normalized spacial score (nSPS) is 10.6. The van der Waals surface area contributed by atoms with Crippen molar-refractivity contribution >= 4 is 11.9 Å². The van der Waals surface area contributed by atoms with E-state index >= 15 is 0 Å². The van der Waals surface area contributed by atoms with Gasteiger partial charge in [-0.25, -0.2) is 0 Å². The van der Waals surface area contributed by atoms with Gasteiger partial charge in [-0.15, -0.1) is 0 Å². The Morgan fingerprint density at radius 2 is 1.86 bits per heavy atom. The van der Waals surface area contributed by atoms with Gasteiger partial charge in [-0.2, -0.15) is 0 Å². The number of carbonyl (C=O) groups excluding carboxylic acids is 1. The fourth-order valence-electron chi connectivity index (χ4n) is 1.89. The number of ketones is 1. The minimum Gasteiger partial charge on any atom is -0.493 e. The smallest absolute Gasteiger partial charge is 0.161 e. The predicted octanol–water partition coefficient (Wildman–Crippen LogP) is 3.99. The summed E-state index contributed by atoms with van der Waals surface area (Å²) in [6.07, 6.45) is 3.93. The molecule has 0 radical (unpaired) electrons. The van der Waals surface area contributed by atoms with E-state index in [1.165, 1.54) is 6.92 Å². The third-order valence-electron chi connectivity index (χ3n) is 3.02. The molecule has 2 aromatic carbocycles. The zero-order valence-corrected chi connectivity index (χ0v) is 12.2. The van der Waals surface area contributed by atoms with E-state index in [4.69, 9.17) is 9.47 Å². The Morgan fingerprint density at radius 3 is 2.52 bits per heavy atom. The summed E-state index contributed by atoms with van der Waals surface area (Å²) in [5.74, 6) is 1.19. The van der Waals surface area contributed by atoms with Crippen molar-refractivity contribution < 1.29 is 14.3 Å². The zero-order chi connectivity index (χ0) is 15.1. The Bertz CT molecular complexity index is 630. The molecule has 0 saturated carbocycles. The Morgan fingerprint density at radius 1 is 1.10 bits per heavy atom. The van der Waals surface area contributed by atoms with E-state index in [0.717, 1.165) is 5.56 Å². The van der Waals surface area contributed by atoms with E-state index in [-0.39, 0.29) is 5.78 Å². The molecule has 21 heavy (non-hydrogen) atoms. The van der Waals surface area contributed by atoms with E-state index in [9.17, 15) is 4.79 Å². The fraction of sp³-hybridized carbons (Fsp3) is 0.167. The van der Waals surface area contributed by atoms with Crippen molar-refractivity contribution in [1.82, 2.24) is 0 Å². The molecule has 2 rings (SSSR count). The second-order valence-corrected chi connectivity index (χ2v) is 4.55. The van der Waals surface area contributed by atoms with Crippen LogP contribution in [0.25, 0.3) is 6.08 Å². The summed E-state index contributed by atoms with van der Waals surface area (Å²) in [6.45, 7) is 1.96. The molecule has 0 atom stereocenters. The van der Waals surface area contributed by atoms with Gasteiger partial charge in [-0.1, -0.05) is 36.4 Å². The molecule has 0 fully saturated rings. The first kappa shape index (κ1) is 14.9. The van der Waals surface area contributed by atoms with E-state index < -0.39 is 0 Å². The van der Waals surface area contributed by atoms with E-state index in [0.29, 0.717) is 23.7 Å². The summed E-state index contributed by atoms with van der Waals surface area (Å²) in [5.41, 5.74) is 1.74. The highest BCUT2D eigenvalue weighted by Crippen LogP contribution is 2.28. The number of hydrogen-bond donors (Lipinski definition) is 0.